The van der Waals surface area contributed by atoms with Crippen molar-refractivity contribution in [2.45, 2.75) is 123 Å². The Hall–Kier alpha value is -0.576. The summed E-state index contributed by atoms with van der Waals surface area (Å²) in [5.41, 5.74) is 3.39. The molecule has 0 amide bonds. The molecule has 5 heteroatoms. The van der Waals surface area contributed by atoms with Crippen LogP contribution in [-0.4, -0.2) is 35.1 Å². The maximum absolute atomic E-state index is 11.3. The van der Waals surface area contributed by atoms with Crippen molar-refractivity contribution in [3.63, 3.8) is 0 Å². The van der Waals surface area contributed by atoms with E-state index in [1.165, 1.54) is 26.2 Å². The highest BCUT2D eigenvalue weighted by Crippen LogP contribution is 2.36. The molecule has 0 rings (SSSR count). The first-order chi connectivity index (χ1) is 12.7. The lowest BCUT2D eigenvalue weighted by atomic mass is 10.0. The molecule has 0 saturated heterocycles. The maximum atomic E-state index is 11.3. The second kappa shape index (κ2) is 12.9. The van der Waals surface area contributed by atoms with Crippen molar-refractivity contribution >= 4 is 22.4 Å². The van der Waals surface area contributed by atoms with Gasteiger partial charge in [-0.15, -0.1) is 11.5 Å². The summed E-state index contributed by atoms with van der Waals surface area (Å²) < 4.78 is 11.7. The highest BCUT2D eigenvalue weighted by atomic mass is 28.4. The van der Waals surface area contributed by atoms with Gasteiger partial charge in [-0.1, -0.05) is 59.7 Å². The fraction of sp³-hybridized carbons (Fsp3) is 0.870. The van der Waals surface area contributed by atoms with Crippen LogP contribution in [0.1, 0.15) is 79.1 Å². The molecular weight excluding hydrogens is 380 g/mol. The zero-order valence-corrected chi connectivity index (χ0v) is 22.2. The minimum Gasteiger partial charge on any atom is -0.463 e. The summed E-state index contributed by atoms with van der Waals surface area (Å²) in [6.45, 7) is 20.6. The van der Waals surface area contributed by atoms with Gasteiger partial charge in [0.15, 0.2) is 8.32 Å². The van der Waals surface area contributed by atoms with Crippen molar-refractivity contribution in [3.8, 4) is 11.5 Å². The van der Waals surface area contributed by atoms with Gasteiger partial charge in [0.25, 0.3) is 0 Å². The van der Waals surface area contributed by atoms with Crippen LogP contribution in [0.2, 0.25) is 37.8 Å². The molecule has 0 aliphatic carbocycles. The van der Waals surface area contributed by atoms with E-state index < -0.39 is 16.4 Å². The van der Waals surface area contributed by atoms with Crippen LogP contribution in [0, 0.1) is 11.5 Å². The van der Waals surface area contributed by atoms with Gasteiger partial charge in [-0.3, -0.25) is 4.79 Å². The van der Waals surface area contributed by atoms with Gasteiger partial charge in [0.2, 0.25) is 0 Å². The third-order valence-electron chi connectivity index (χ3n) is 5.33. The fourth-order valence-electron chi connectivity index (χ4n) is 2.61. The van der Waals surface area contributed by atoms with E-state index in [9.17, 15) is 4.79 Å². The Bertz CT molecular complexity index is 505. The zero-order chi connectivity index (χ0) is 21.8. The number of carbonyl (C=O) groups excluding carboxylic acids is 1. The van der Waals surface area contributed by atoms with Crippen LogP contribution in [0.3, 0.4) is 0 Å². The Morgan fingerprint density at radius 2 is 1.50 bits per heavy atom. The molecule has 3 nitrogen and oxygen atoms in total. The van der Waals surface area contributed by atoms with E-state index in [1.807, 2.05) is 0 Å². The van der Waals surface area contributed by atoms with E-state index in [0.717, 1.165) is 38.7 Å². The Balaban J connectivity index is 3.99. The molecule has 0 N–H and O–H groups in total. The molecule has 0 aromatic heterocycles. The Morgan fingerprint density at radius 1 is 0.929 bits per heavy atom. The minimum absolute atomic E-state index is 0.0235. The molecule has 0 fully saturated rings. The molecule has 0 saturated carbocycles. The molecule has 0 aromatic rings. The first-order valence-electron chi connectivity index (χ1n) is 11.1. The SMILES string of the molecule is CC(=O)OC(CCC#C[Si](C)(C)C)CCCCCCCO[Si](C)(C)C(C)(C)C. The molecule has 0 bridgehead atoms. The Morgan fingerprint density at radius 3 is 2.04 bits per heavy atom. The number of esters is 1. The lowest BCUT2D eigenvalue weighted by Gasteiger charge is -2.36. The van der Waals surface area contributed by atoms with Crippen LogP contribution in [-0.2, 0) is 14.0 Å². The van der Waals surface area contributed by atoms with E-state index in [-0.39, 0.29) is 17.1 Å². The van der Waals surface area contributed by atoms with E-state index in [2.05, 4.69) is 65.0 Å². The largest absolute Gasteiger partial charge is 0.463 e. The number of unbranched alkanes of at least 4 members (excludes halogenated alkanes) is 4. The molecule has 0 radical (unpaired) electrons. The van der Waals surface area contributed by atoms with Gasteiger partial charge in [-0.2, -0.15) is 0 Å². The highest BCUT2D eigenvalue weighted by Gasteiger charge is 2.36. The first kappa shape index (κ1) is 27.4. The van der Waals surface area contributed by atoms with Crippen LogP contribution in [0.4, 0.5) is 0 Å². The Labute approximate surface area is 177 Å². The average molecular weight is 427 g/mol. The number of hydrogen-bond acceptors (Lipinski definition) is 3. The van der Waals surface area contributed by atoms with Gasteiger partial charge < -0.3 is 9.16 Å². The van der Waals surface area contributed by atoms with Crippen LogP contribution >= 0.6 is 0 Å². The summed E-state index contributed by atoms with van der Waals surface area (Å²) in [7, 11) is -2.90. The normalized spacial score (nSPS) is 13.6. The van der Waals surface area contributed by atoms with Crippen molar-refractivity contribution in [1.29, 1.82) is 0 Å². The lowest BCUT2D eigenvalue weighted by Crippen LogP contribution is -2.40. The third-order valence-corrected chi connectivity index (χ3v) is 10.8. The third kappa shape index (κ3) is 14.4. The van der Waals surface area contributed by atoms with E-state index >= 15 is 0 Å². The second-order valence-corrected chi connectivity index (χ2v) is 20.0. The Kier molecular flexibility index (Phi) is 12.6. The van der Waals surface area contributed by atoms with Gasteiger partial charge in [0.05, 0.1) is 0 Å². The van der Waals surface area contributed by atoms with Crippen molar-refractivity contribution in [3.05, 3.63) is 0 Å². The van der Waals surface area contributed by atoms with E-state index in [0.29, 0.717) is 0 Å². The molecule has 1 atom stereocenters. The van der Waals surface area contributed by atoms with Crippen LogP contribution in [0.5, 0.6) is 0 Å². The highest BCUT2D eigenvalue weighted by molar-refractivity contribution is 6.83. The van der Waals surface area contributed by atoms with Gasteiger partial charge >= 0.3 is 5.97 Å². The summed E-state index contributed by atoms with van der Waals surface area (Å²) in [6.07, 6.45) is 8.56. The predicted molar refractivity (Wildman–Crippen MR) is 127 cm³/mol. The van der Waals surface area contributed by atoms with Crippen LogP contribution < -0.4 is 0 Å². The topological polar surface area (TPSA) is 35.5 Å². The summed E-state index contributed by atoms with van der Waals surface area (Å²) in [4.78, 5) is 11.3. The predicted octanol–water partition coefficient (Wildman–Crippen LogP) is 6.94. The minimum atomic E-state index is -1.60. The number of hydrogen-bond donors (Lipinski definition) is 0. The summed E-state index contributed by atoms with van der Waals surface area (Å²) in [5, 5.41) is 0.290. The maximum Gasteiger partial charge on any atom is 0.302 e. The molecule has 0 spiro atoms. The number of ether oxygens (including phenoxy) is 1. The zero-order valence-electron chi connectivity index (χ0n) is 20.2. The van der Waals surface area contributed by atoms with E-state index in [1.54, 1.807) is 0 Å². The van der Waals surface area contributed by atoms with Crippen LogP contribution in [0.25, 0.3) is 0 Å². The molecule has 0 aromatic carbocycles. The first-order valence-corrected chi connectivity index (χ1v) is 17.5. The van der Waals surface area contributed by atoms with Crippen molar-refractivity contribution in [1.82, 2.24) is 0 Å². The monoisotopic (exact) mass is 426 g/mol. The second-order valence-electron chi connectivity index (χ2n) is 10.5. The number of carbonyl (C=O) groups is 1. The molecule has 164 valence electrons. The summed E-state index contributed by atoms with van der Waals surface area (Å²) >= 11 is 0. The van der Waals surface area contributed by atoms with Crippen molar-refractivity contribution in [2.24, 2.45) is 0 Å². The van der Waals surface area contributed by atoms with E-state index in [4.69, 9.17) is 9.16 Å². The standard InChI is InChI=1S/C23H46O3Si2/c1-21(24)26-22(18-14-16-20-27(5,6)7)17-13-11-10-12-15-19-25-28(8,9)23(2,3)4/h22H,10-15,17-19H2,1-9H3. The number of rotatable bonds is 12. The van der Waals surface area contributed by atoms with Crippen molar-refractivity contribution < 1.29 is 14.0 Å². The molecule has 0 aliphatic heterocycles. The molecule has 0 heterocycles. The average Bonchev–Trinajstić information content (AvgIpc) is 2.51. The summed E-state index contributed by atoms with van der Waals surface area (Å²) in [5.74, 6) is 3.11. The molecular formula is C23H46O3Si2. The molecule has 0 aliphatic rings. The molecule has 28 heavy (non-hydrogen) atoms. The van der Waals surface area contributed by atoms with Gasteiger partial charge in [0.1, 0.15) is 14.2 Å². The molecule has 1 unspecified atom stereocenters. The van der Waals surface area contributed by atoms with Crippen molar-refractivity contribution in [2.75, 3.05) is 6.61 Å². The van der Waals surface area contributed by atoms with Gasteiger partial charge in [-0.05, 0) is 43.8 Å². The summed E-state index contributed by atoms with van der Waals surface area (Å²) in [6, 6.07) is 0. The quantitative estimate of drug-likeness (QED) is 0.147. The van der Waals surface area contributed by atoms with Gasteiger partial charge in [0, 0.05) is 20.0 Å². The smallest absolute Gasteiger partial charge is 0.302 e. The van der Waals surface area contributed by atoms with Crippen LogP contribution in [0.15, 0.2) is 0 Å². The lowest BCUT2D eigenvalue weighted by molar-refractivity contribution is -0.146. The van der Waals surface area contributed by atoms with Gasteiger partial charge in [-0.25, -0.2) is 0 Å². The fourth-order valence-corrected chi connectivity index (χ4v) is 4.35.